The van der Waals surface area contributed by atoms with Crippen molar-refractivity contribution >= 4 is 18.0 Å². The summed E-state index contributed by atoms with van der Waals surface area (Å²) in [6.45, 7) is 7.38. The average Bonchev–Trinajstić information content (AvgIpc) is 2.90. The molecule has 0 aromatic carbocycles. The van der Waals surface area contributed by atoms with Gasteiger partial charge in [0.25, 0.3) is 0 Å². The second kappa shape index (κ2) is 8.06. The smallest absolute Gasteiger partial charge is 0.408 e. The number of carbonyl (C=O) groups is 3. The third-order valence-electron chi connectivity index (χ3n) is 4.58. The van der Waals surface area contributed by atoms with Crippen molar-refractivity contribution in [2.45, 2.75) is 89.9 Å². The van der Waals surface area contributed by atoms with Crippen LogP contribution in [0.25, 0.3) is 0 Å². The van der Waals surface area contributed by atoms with Crippen molar-refractivity contribution in [3.63, 3.8) is 0 Å². The molecule has 0 radical (unpaired) electrons. The van der Waals surface area contributed by atoms with E-state index in [1.165, 1.54) is 0 Å². The van der Waals surface area contributed by atoms with Crippen LogP contribution in [-0.2, 0) is 19.1 Å². The van der Waals surface area contributed by atoms with Crippen molar-refractivity contribution < 1.29 is 23.9 Å². The van der Waals surface area contributed by atoms with E-state index >= 15 is 0 Å². The maximum Gasteiger partial charge on any atom is 0.408 e. The number of esters is 1. The van der Waals surface area contributed by atoms with E-state index < -0.39 is 23.8 Å². The molecule has 0 unspecified atom stereocenters. The Kier molecular flexibility index (Phi) is 6.30. The molecule has 25 heavy (non-hydrogen) atoms. The van der Waals surface area contributed by atoms with Gasteiger partial charge in [-0.25, -0.2) is 9.59 Å². The number of ether oxygens (including phenoxy) is 2. The van der Waals surface area contributed by atoms with Gasteiger partial charge in [0.15, 0.2) is 0 Å². The minimum atomic E-state index is -0.660. The van der Waals surface area contributed by atoms with Crippen LogP contribution in [0, 0.1) is 0 Å². The monoisotopic (exact) mass is 354 g/mol. The Hall–Kier alpha value is -1.79. The second-order valence-electron chi connectivity index (χ2n) is 7.73. The van der Waals surface area contributed by atoms with Crippen LogP contribution in [0.15, 0.2) is 0 Å². The standard InChI is InChI=1S/C18H30N2O5/c1-5-24-16(22)14-11-10-12-8-6-7-9-13(15(21)20(12)14)19-17(23)25-18(2,3)4/h12-14H,5-11H2,1-4H3,(H,19,23)/t12-,13-,14-/m0/s1. The van der Waals surface area contributed by atoms with Gasteiger partial charge in [-0.3, -0.25) is 4.79 Å². The van der Waals surface area contributed by atoms with E-state index in [1.807, 2.05) is 0 Å². The molecule has 0 aromatic rings. The summed E-state index contributed by atoms with van der Waals surface area (Å²) >= 11 is 0. The molecule has 0 spiro atoms. The van der Waals surface area contributed by atoms with E-state index in [-0.39, 0.29) is 17.9 Å². The van der Waals surface area contributed by atoms with E-state index in [2.05, 4.69) is 5.32 Å². The van der Waals surface area contributed by atoms with E-state index in [0.29, 0.717) is 19.4 Å². The largest absolute Gasteiger partial charge is 0.464 e. The fraction of sp³-hybridized carbons (Fsp3) is 0.833. The van der Waals surface area contributed by atoms with Gasteiger partial charge in [0, 0.05) is 6.04 Å². The van der Waals surface area contributed by atoms with Crippen LogP contribution in [0.5, 0.6) is 0 Å². The second-order valence-corrected chi connectivity index (χ2v) is 7.73. The highest BCUT2D eigenvalue weighted by Gasteiger charge is 2.44. The zero-order chi connectivity index (χ0) is 18.6. The van der Waals surface area contributed by atoms with Crippen molar-refractivity contribution in [2.24, 2.45) is 0 Å². The lowest BCUT2D eigenvalue weighted by Gasteiger charge is -2.35. The van der Waals surface area contributed by atoms with Crippen LogP contribution in [0.1, 0.15) is 66.2 Å². The predicted octanol–water partition coefficient (Wildman–Crippen LogP) is 2.38. The Labute approximate surface area is 149 Å². The number of nitrogens with zero attached hydrogens (tertiary/aromatic N) is 1. The number of alkyl carbamates (subject to hydrolysis) is 1. The molecule has 1 N–H and O–H groups in total. The lowest BCUT2D eigenvalue weighted by Crippen LogP contribution is -2.55. The molecule has 2 aliphatic rings. The number of amides is 2. The number of carbonyl (C=O) groups excluding carboxylic acids is 3. The van der Waals surface area contributed by atoms with Crippen LogP contribution in [0.4, 0.5) is 4.79 Å². The maximum absolute atomic E-state index is 13.0. The first-order chi connectivity index (χ1) is 11.7. The molecule has 3 atom stereocenters. The Morgan fingerprint density at radius 2 is 1.84 bits per heavy atom. The summed E-state index contributed by atoms with van der Waals surface area (Å²) in [7, 11) is 0. The SMILES string of the molecule is CCOC(=O)[C@@H]1CC[C@@H]2CCCC[C@H](NC(=O)OC(C)(C)C)C(=O)N21. The third-order valence-corrected chi connectivity index (χ3v) is 4.58. The van der Waals surface area contributed by atoms with Gasteiger partial charge in [-0.1, -0.05) is 12.8 Å². The van der Waals surface area contributed by atoms with Crippen LogP contribution < -0.4 is 5.32 Å². The minimum Gasteiger partial charge on any atom is -0.464 e. The zero-order valence-electron chi connectivity index (χ0n) is 15.7. The lowest BCUT2D eigenvalue weighted by atomic mass is 9.99. The maximum atomic E-state index is 13.0. The summed E-state index contributed by atoms with van der Waals surface area (Å²) in [6.07, 6.45) is 4.09. The van der Waals surface area contributed by atoms with Crippen molar-refractivity contribution in [3.05, 3.63) is 0 Å². The Morgan fingerprint density at radius 1 is 1.16 bits per heavy atom. The normalized spacial score (nSPS) is 27.1. The Bertz CT molecular complexity index is 514. The van der Waals surface area contributed by atoms with Gasteiger partial charge in [-0.2, -0.15) is 0 Å². The van der Waals surface area contributed by atoms with Crippen molar-refractivity contribution in [3.8, 4) is 0 Å². The van der Waals surface area contributed by atoms with Crippen molar-refractivity contribution in [2.75, 3.05) is 6.61 Å². The summed E-state index contributed by atoms with van der Waals surface area (Å²) in [5.74, 6) is -0.555. The van der Waals surface area contributed by atoms with Crippen LogP contribution >= 0.6 is 0 Å². The van der Waals surface area contributed by atoms with Crippen molar-refractivity contribution in [1.82, 2.24) is 10.2 Å². The molecule has 2 saturated heterocycles. The third kappa shape index (κ3) is 5.09. The van der Waals surface area contributed by atoms with Gasteiger partial charge in [0.05, 0.1) is 6.61 Å². The minimum absolute atomic E-state index is 0.0464. The first-order valence-electron chi connectivity index (χ1n) is 9.21. The zero-order valence-corrected chi connectivity index (χ0v) is 15.7. The van der Waals surface area contributed by atoms with Gasteiger partial charge in [-0.05, 0) is 53.4 Å². The topological polar surface area (TPSA) is 84.9 Å². The highest BCUT2D eigenvalue weighted by atomic mass is 16.6. The number of hydrogen-bond acceptors (Lipinski definition) is 5. The molecule has 0 aromatic heterocycles. The first-order valence-corrected chi connectivity index (χ1v) is 9.21. The number of nitrogens with one attached hydrogen (secondary N) is 1. The molecule has 2 rings (SSSR count). The van der Waals surface area contributed by atoms with E-state index in [9.17, 15) is 14.4 Å². The summed E-state index contributed by atoms with van der Waals surface area (Å²) in [5, 5.41) is 2.69. The fourth-order valence-electron chi connectivity index (χ4n) is 3.59. The molecule has 0 aliphatic carbocycles. The van der Waals surface area contributed by atoms with E-state index in [1.54, 1.807) is 32.6 Å². The highest BCUT2D eigenvalue weighted by molar-refractivity contribution is 5.90. The quantitative estimate of drug-likeness (QED) is 0.787. The number of rotatable bonds is 3. The highest BCUT2D eigenvalue weighted by Crippen LogP contribution is 2.31. The molecule has 0 saturated carbocycles. The van der Waals surface area contributed by atoms with Crippen LogP contribution in [0.3, 0.4) is 0 Å². The molecule has 7 heteroatoms. The predicted molar refractivity (Wildman–Crippen MR) is 91.9 cm³/mol. The van der Waals surface area contributed by atoms with Gasteiger partial charge in [-0.15, -0.1) is 0 Å². The van der Waals surface area contributed by atoms with Crippen molar-refractivity contribution in [1.29, 1.82) is 0 Å². The summed E-state index contributed by atoms with van der Waals surface area (Å²) < 4.78 is 10.4. The van der Waals surface area contributed by atoms with E-state index in [0.717, 1.165) is 25.7 Å². The molecule has 2 aliphatic heterocycles. The van der Waals surface area contributed by atoms with Crippen LogP contribution in [0.2, 0.25) is 0 Å². The van der Waals surface area contributed by atoms with Gasteiger partial charge in [0.1, 0.15) is 17.7 Å². The molecule has 7 nitrogen and oxygen atoms in total. The molecular weight excluding hydrogens is 324 g/mol. The first kappa shape index (κ1) is 19.5. The molecule has 2 amide bonds. The molecule has 2 fully saturated rings. The van der Waals surface area contributed by atoms with Crippen LogP contribution in [-0.4, -0.2) is 53.2 Å². The molecular formula is C18H30N2O5. The van der Waals surface area contributed by atoms with Gasteiger partial charge >= 0.3 is 12.1 Å². The number of fused-ring (bicyclic) bond motifs is 1. The van der Waals surface area contributed by atoms with E-state index in [4.69, 9.17) is 9.47 Å². The fourth-order valence-corrected chi connectivity index (χ4v) is 3.59. The summed E-state index contributed by atoms with van der Waals surface area (Å²) in [6, 6.07) is -1.16. The molecule has 142 valence electrons. The van der Waals surface area contributed by atoms with Gasteiger partial charge in [0.2, 0.25) is 5.91 Å². The molecule has 2 heterocycles. The Morgan fingerprint density at radius 3 is 2.48 bits per heavy atom. The summed E-state index contributed by atoms with van der Waals surface area (Å²) in [4.78, 5) is 39.0. The lowest BCUT2D eigenvalue weighted by molar-refractivity contribution is -0.155. The van der Waals surface area contributed by atoms with Gasteiger partial charge < -0.3 is 19.7 Å². The number of hydrogen-bond donors (Lipinski definition) is 1. The Balaban J connectivity index is 2.12. The summed E-state index contributed by atoms with van der Waals surface area (Å²) in [5.41, 5.74) is -0.627. The molecule has 0 bridgehead atoms. The average molecular weight is 354 g/mol.